The molecule has 0 radical (unpaired) electrons. The van der Waals surface area contributed by atoms with Crippen molar-refractivity contribution < 1.29 is 19.2 Å². The van der Waals surface area contributed by atoms with E-state index in [0.29, 0.717) is 11.3 Å². The maximum Gasteiger partial charge on any atom is 0.315 e. The molecule has 0 aliphatic carbocycles. The lowest BCUT2D eigenvalue weighted by Gasteiger charge is -2.26. The van der Waals surface area contributed by atoms with Crippen molar-refractivity contribution in [1.82, 2.24) is 10.5 Å². The average Bonchev–Trinajstić information content (AvgIpc) is 2.92. The van der Waals surface area contributed by atoms with Gasteiger partial charge in [-0.3, -0.25) is 9.59 Å². The van der Waals surface area contributed by atoms with Crippen molar-refractivity contribution in [2.24, 2.45) is 0 Å². The lowest BCUT2D eigenvalue weighted by molar-refractivity contribution is -0.143. The van der Waals surface area contributed by atoms with Crippen LogP contribution in [0.1, 0.15) is 48.8 Å². The van der Waals surface area contributed by atoms with Crippen LogP contribution in [-0.4, -0.2) is 28.7 Å². The fourth-order valence-electron chi connectivity index (χ4n) is 3.03. The second kappa shape index (κ2) is 7.51. The van der Waals surface area contributed by atoms with Crippen molar-refractivity contribution in [3.63, 3.8) is 0 Å². The molecule has 1 amide bonds. The van der Waals surface area contributed by atoms with Crippen LogP contribution in [0.5, 0.6) is 0 Å². The van der Waals surface area contributed by atoms with Crippen LogP contribution in [0.2, 0.25) is 0 Å². The molecule has 0 saturated heterocycles. The van der Waals surface area contributed by atoms with Gasteiger partial charge in [-0.2, -0.15) is 0 Å². The standard InChI is InChI=1S/C19H24N2O4/c1-12(17-13(2)21-25-14(17)3)10-16(22)20-11-19(4,18(23)24)15-8-6-5-7-9-15/h5-9,12H,10-11H2,1-4H3,(H,20,22)(H,23,24). The molecule has 2 N–H and O–H groups in total. The first-order valence-electron chi connectivity index (χ1n) is 8.24. The van der Waals surface area contributed by atoms with E-state index in [1.54, 1.807) is 31.2 Å². The van der Waals surface area contributed by atoms with Crippen LogP contribution in [0.25, 0.3) is 0 Å². The molecule has 0 bridgehead atoms. The van der Waals surface area contributed by atoms with E-state index in [2.05, 4.69) is 10.5 Å². The molecule has 6 heteroatoms. The highest BCUT2D eigenvalue weighted by Crippen LogP contribution is 2.26. The Hall–Kier alpha value is -2.63. The molecule has 2 aromatic rings. The predicted octanol–water partition coefficient (Wildman–Crippen LogP) is 2.94. The first-order valence-corrected chi connectivity index (χ1v) is 8.24. The smallest absolute Gasteiger partial charge is 0.315 e. The van der Waals surface area contributed by atoms with Gasteiger partial charge in [0.1, 0.15) is 11.2 Å². The number of benzene rings is 1. The van der Waals surface area contributed by atoms with E-state index in [1.807, 2.05) is 26.8 Å². The molecule has 1 aromatic carbocycles. The number of nitrogens with zero attached hydrogens (tertiary/aromatic N) is 1. The van der Waals surface area contributed by atoms with Gasteiger partial charge in [0.25, 0.3) is 0 Å². The van der Waals surface area contributed by atoms with E-state index in [9.17, 15) is 14.7 Å². The summed E-state index contributed by atoms with van der Waals surface area (Å²) >= 11 is 0. The molecule has 0 fully saturated rings. The zero-order chi connectivity index (χ0) is 18.6. The van der Waals surface area contributed by atoms with E-state index in [1.165, 1.54) is 0 Å². The number of hydrogen-bond acceptors (Lipinski definition) is 4. The lowest BCUT2D eigenvalue weighted by Crippen LogP contribution is -2.44. The molecular formula is C19H24N2O4. The Morgan fingerprint density at radius 1 is 1.28 bits per heavy atom. The van der Waals surface area contributed by atoms with Crippen molar-refractivity contribution in [3.8, 4) is 0 Å². The third kappa shape index (κ3) is 4.07. The monoisotopic (exact) mass is 344 g/mol. The topological polar surface area (TPSA) is 92.4 Å². The minimum Gasteiger partial charge on any atom is -0.481 e. The second-order valence-electron chi connectivity index (χ2n) is 6.62. The van der Waals surface area contributed by atoms with E-state index in [4.69, 9.17) is 4.52 Å². The predicted molar refractivity (Wildman–Crippen MR) is 93.4 cm³/mol. The summed E-state index contributed by atoms with van der Waals surface area (Å²) in [6.45, 7) is 7.24. The van der Waals surface area contributed by atoms with Crippen molar-refractivity contribution >= 4 is 11.9 Å². The molecule has 0 spiro atoms. The molecular weight excluding hydrogens is 320 g/mol. The van der Waals surface area contributed by atoms with Gasteiger partial charge in [-0.25, -0.2) is 0 Å². The summed E-state index contributed by atoms with van der Waals surface area (Å²) in [5.41, 5.74) is 1.18. The van der Waals surface area contributed by atoms with Gasteiger partial charge in [-0.05, 0) is 32.3 Å². The molecule has 0 aliphatic rings. The quantitative estimate of drug-likeness (QED) is 0.805. The van der Waals surface area contributed by atoms with Crippen LogP contribution in [0.15, 0.2) is 34.9 Å². The van der Waals surface area contributed by atoms with Crippen molar-refractivity contribution in [1.29, 1.82) is 0 Å². The lowest BCUT2D eigenvalue weighted by atomic mass is 9.82. The largest absolute Gasteiger partial charge is 0.481 e. The van der Waals surface area contributed by atoms with E-state index >= 15 is 0 Å². The van der Waals surface area contributed by atoms with Gasteiger partial charge < -0.3 is 14.9 Å². The Balaban J connectivity index is 2.04. The van der Waals surface area contributed by atoms with Gasteiger partial charge in [-0.1, -0.05) is 42.4 Å². The first-order chi connectivity index (χ1) is 11.8. The van der Waals surface area contributed by atoms with Crippen LogP contribution in [0, 0.1) is 13.8 Å². The SMILES string of the molecule is Cc1noc(C)c1C(C)CC(=O)NCC(C)(C(=O)O)c1ccccc1. The summed E-state index contributed by atoms with van der Waals surface area (Å²) < 4.78 is 5.14. The third-order valence-corrected chi connectivity index (χ3v) is 4.60. The summed E-state index contributed by atoms with van der Waals surface area (Å²) in [6.07, 6.45) is 0.243. The van der Waals surface area contributed by atoms with Crippen molar-refractivity contribution in [3.05, 3.63) is 52.9 Å². The number of aromatic nitrogens is 1. The number of carbonyl (C=O) groups excluding carboxylic acids is 1. The maximum absolute atomic E-state index is 12.3. The molecule has 6 nitrogen and oxygen atoms in total. The van der Waals surface area contributed by atoms with E-state index in [-0.39, 0.29) is 24.8 Å². The summed E-state index contributed by atoms with van der Waals surface area (Å²) in [5.74, 6) is -0.523. The molecule has 134 valence electrons. The Morgan fingerprint density at radius 2 is 1.92 bits per heavy atom. The Bertz CT molecular complexity index is 735. The number of aliphatic carboxylic acids is 1. The number of aryl methyl sites for hydroxylation is 2. The fourth-order valence-corrected chi connectivity index (χ4v) is 3.03. The minimum absolute atomic E-state index is 0.0273. The van der Waals surface area contributed by atoms with Gasteiger partial charge in [0.15, 0.2) is 0 Å². The van der Waals surface area contributed by atoms with E-state index < -0.39 is 11.4 Å². The van der Waals surface area contributed by atoms with Gasteiger partial charge in [0.2, 0.25) is 5.91 Å². The highest BCUT2D eigenvalue weighted by molar-refractivity contribution is 5.83. The average molecular weight is 344 g/mol. The summed E-state index contributed by atoms with van der Waals surface area (Å²) in [6, 6.07) is 8.92. The number of carboxylic acid groups (broad SMARTS) is 1. The van der Waals surface area contributed by atoms with E-state index in [0.717, 1.165) is 11.3 Å². The highest BCUT2D eigenvalue weighted by Gasteiger charge is 2.35. The molecule has 25 heavy (non-hydrogen) atoms. The molecule has 1 heterocycles. The van der Waals surface area contributed by atoms with Crippen LogP contribution in [0.4, 0.5) is 0 Å². The molecule has 0 saturated carbocycles. The van der Waals surface area contributed by atoms with Crippen molar-refractivity contribution in [2.75, 3.05) is 6.54 Å². The fraction of sp³-hybridized carbons (Fsp3) is 0.421. The number of carboxylic acids is 1. The Morgan fingerprint density at radius 3 is 2.44 bits per heavy atom. The summed E-state index contributed by atoms with van der Waals surface area (Å²) in [4.78, 5) is 24.1. The minimum atomic E-state index is -1.18. The Labute approximate surface area is 147 Å². The van der Waals surface area contributed by atoms with Crippen LogP contribution >= 0.6 is 0 Å². The third-order valence-electron chi connectivity index (χ3n) is 4.60. The van der Waals surface area contributed by atoms with Gasteiger partial charge in [-0.15, -0.1) is 0 Å². The highest BCUT2D eigenvalue weighted by atomic mass is 16.5. The molecule has 2 rings (SSSR count). The normalized spacial score (nSPS) is 14.6. The zero-order valence-electron chi connectivity index (χ0n) is 15.0. The van der Waals surface area contributed by atoms with Gasteiger partial charge in [0.05, 0.1) is 5.69 Å². The number of rotatable bonds is 7. The zero-order valence-corrected chi connectivity index (χ0v) is 15.0. The van der Waals surface area contributed by atoms with Gasteiger partial charge in [0, 0.05) is 18.5 Å². The molecule has 2 atom stereocenters. The number of amides is 1. The summed E-state index contributed by atoms with van der Waals surface area (Å²) in [5, 5.41) is 16.3. The molecule has 0 aliphatic heterocycles. The number of nitrogens with one attached hydrogen (secondary N) is 1. The summed E-state index contributed by atoms with van der Waals surface area (Å²) in [7, 11) is 0. The second-order valence-corrected chi connectivity index (χ2v) is 6.62. The Kier molecular flexibility index (Phi) is 5.62. The molecule has 1 aromatic heterocycles. The molecule has 2 unspecified atom stereocenters. The number of hydrogen-bond donors (Lipinski definition) is 2. The van der Waals surface area contributed by atoms with Crippen LogP contribution in [-0.2, 0) is 15.0 Å². The maximum atomic E-state index is 12.3. The van der Waals surface area contributed by atoms with Crippen molar-refractivity contribution in [2.45, 2.75) is 45.4 Å². The number of carbonyl (C=O) groups is 2. The first kappa shape index (κ1) is 18.7. The van der Waals surface area contributed by atoms with Gasteiger partial charge >= 0.3 is 5.97 Å². The van der Waals surface area contributed by atoms with Crippen LogP contribution in [0.3, 0.4) is 0 Å². The van der Waals surface area contributed by atoms with Crippen LogP contribution < -0.4 is 5.32 Å².